The van der Waals surface area contributed by atoms with E-state index in [4.69, 9.17) is 4.42 Å². The number of hydrogen-bond donors (Lipinski definition) is 5. The standard InChI is InChI=1S/C44H28O6/c45-40-39(41(46)43(48)44(49)42(40)47)38-28-18-9-7-16-26(28)36(27-17-8-10-19-29(27)38)30-20-11-21-34-37(30)33-22-31(24-12-3-1-4-13-24)32(23-35(33)50-34)25-14-5-2-6-15-25/h1-23,45-49H. The predicted molar refractivity (Wildman–Crippen MR) is 199 cm³/mol. The van der Waals surface area contributed by atoms with E-state index in [1.807, 2.05) is 97.1 Å². The van der Waals surface area contributed by atoms with Gasteiger partial charge in [0.15, 0.2) is 11.5 Å². The first-order valence-corrected chi connectivity index (χ1v) is 16.2. The minimum absolute atomic E-state index is 0.190. The number of aromatic hydroxyl groups is 5. The maximum atomic E-state index is 11.1. The van der Waals surface area contributed by atoms with Gasteiger partial charge in [-0.1, -0.05) is 121 Å². The van der Waals surface area contributed by atoms with E-state index in [9.17, 15) is 25.5 Å². The average Bonchev–Trinajstić information content (AvgIpc) is 3.54. The number of phenolic OH excluding ortho intramolecular Hbond substituents is 5. The molecule has 8 aromatic carbocycles. The minimum Gasteiger partial charge on any atom is -0.504 e. The van der Waals surface area contributed by atoms with Crippen molar-refractivity contribution in [3.63, 3.8) is 0 Å². The van der Waals surface area contributed by atoms with E-state index in [0.717, 1.165) is 66.1 Å². The molecule has 0 aliphatic carbocycles. The number of phenols is 5. The molecule has 0 unspecified atom stereocenters. The Morgan fingerprint density at radius 2 is 0.780 bits per heavy atom. The maximum Gasteiger partial charge on any atom is 0.208 e. The summed E-state index contributed by atoms with van der Waals surface area (Å²) in [5.41, 5.74) is 7.82. The van der Waals surface area contributed by atoms with Crippen LogP contribution in [0.2, 0.25) is 0 Å². The van der Waals surface area contributed by atoms with Gasteiger partial charge in [0.1, 0.15) is 11.2 Å². The molecule has 6 nitrogen and oxygen atoms in total. The highest BCUT2D eigenvalue weighted by atomic mass is 16.4. The highest BCUT2D eigenvalue weighted by Gasteiger charge is 2.28. The van der Waals surface area contributed by atoms with Crippen molar-refractivity contribution >= 4 is 43.5 Å². The van der Waals surface area contributed by atoms with Crippen LogP contribution in [0.1, 0.15) is 0 Å². The minimum atomic E-state index is -1.00. The summed E-state index contributed by atoms with van der Waals surface area (Å²) in [4.78, 5) is 0. The van der Waals surface area contributed by atoms with E-state index in [1.165, 1.54) is 0 Å². The zero-order valence-electron chi connectivity index (χ0n) is 26.4. The van der Waals surface area contributed by atoms with Crippen molar-refractivity contribution in [2.75, 3.05) is 0 Å². The van der Waals surface area contributed by atoms with Gasteiger partial charge in [-0.05, 0) is 73.1 Å². The summed E-state index contributed by atoms with van der Waals surface area (Å²) in [7, 11) is 0. The second kappa shape index (κ2) is 11.1. The number of hydrogen-bond acceptors (Lipinski definition) is 6. The molecule has 0 bridgehead atoms. The zero-order valence-corrected chi connectivity index (χ0v) is 26.4. The van der Waals surface area contributed by atoms with Crippen molar-refractivity contribution in [2.24, 2.45) is 0 Å². The smallest absolute Gasteiger partial charge is 0.208 e. The summed E-state index contributed by atoms with van der Waals surface area (Å²) in [6.07, 6.45) is 0. The highest BCUT2D eigenvalue weighted by Crippen LogP contribution is 2.58. The van der Waals surface area contributed by atoms with Crippen LogP contribution >= 0.6 is 0 Å². The first kappa shape index (κ1) is 29.2. The summed E-state index contributed by atoms with van der Waals surface area (Å²) in [5, 5.41) is 58.3. The molecule has 50 heavy (non-hydrogen) atoms. The normalized spacial score (nSPS) is 11.6. The number of benzene rings is 8. The van der Waals surface area contributed by atoms with E-state index in [2.05, 4.69) is 42.5 Å². The van der Waals surface area contributed by atoms with E-state index in [1.54, 1.807) is 0 Å². The van der Waals surface area contributed by atoms with Gasteiger partial charge in [0.05, 0.1) is 5.56 Å². The lowest BCUT2D eigenvalue weighted by molar-refractivity contribution is 0.330. The van der Waals surface area contributed by atoms with Crippen LogP contribution in [-0.4, -0.2) is 25.5 Å². The van der Waals surface area contributed by atoms with Crippen molar-refractivity contribution in [2.45, 2.75) is 0 Å². The third-order valence-corrected chi connectivity index (χ3v) is 9.63. The van der Waals surface area contributed by atoms with Crippen molar-refractivity contribution < 1.29 is 29.9 Å². The molecule has 0 atom stereocenters. The first-order chi connectivity index (χ1) is 24.4. The molecule has 0 saturated carbocycles. The molecule has 1 heterocycles. The van der Waals surface area contributed by atoms with E-state index in [0.29, 0.717) is 16.3 Å². The molecule has 0 fully saturated rings. The number of fused-ring (bicyclic) bond motifs is 5. The van der Waals surface area contributed by atoms with Gasteiger partial charge in [-0.15, -0.1) is 0 Å². The largest absolute Gasteiger partial charge is 0.504 e. The monoisotopic (exact) mass is 652 g/mol. The van der Waals surface area contributed by atoms with Crippen LogP contribution in [0, 0.1) is 0 Å². The lowest BCUT2D eigenvalue weighted by Crippen LogP contribution is -1.93. The summed E-state index contributed by atoms with van der Waals surface area (Å²) < 4.78 is 6.61. The summed E-state index contributed by atoms with van der Waals surface area (Å²) >= 11 is 0. The third-order valence-electron chi connectivity index (χ3n) is 9.63. The molecule has 9 rings (SSSR count). The number of rotatable bonds is 4. The Morgan fingerprint density at radius 1 is 0.320 bits per heavy atom. The van der Waals surface area contributed by atoms with Gasteiger partial charge in [-0.3, -0.25) is 0 Å². The fourth-order valence-corrected chi connectivity index (χ4v) is 7.40. The lowest BCUT2D eigenvalue weighted by atomic mass is 9.84. The van der Waals surface area contributed by atoms with Gasteiger partial charge in [-0.25, -0.2) is 0 Å². The zero-order chi connectivity index (χ0) is 34.1. The first-order valence-electron chi connectivity index (χ1n) is 16.2. The van der Waals surface area contributed by atoms with Crippen molar-refractivity contribution in [1.82, 2.24) is 0 Å². The van der Waals surface area contributed by atoms with Crippen molar-refractivity contribution in [3.8, 4) is 73.3 Å². The summed E-state index contributed by atoms with van der Waals surface area (Å²) in [6.45, 7) is 0. The molecular formula is C44H28O6. The Balaban J connectivity index is 1.41. The summed E-state index contributed by atoms with van der Waals surface area (Å²) in [5.74, 6) is -4.34. The van der Waals surface area contributed by atoms with Crippen LogP contribution < -0.4 is 0 Å². The second-order valence-electron chi connectivity index (χ2n) is 12.4. The van der Waals surface area contributed by atoms with Crippen LogP contribution in [0.4, 0.5) is 0 Å². The molecule has 0 radical (unpaired) electrons. The number of furan rings is 1. The third kappa shape index (κ3) is 4.22. The van der Waals surface area contributed by atoms with Gasteiger partial charge < -0.3 is 29.9 Å². The van der Waals surface area contributed by atoms with E-state index >= 15 is 0 Å². The topological polar surface area (TPSA) is 114 Å². The molecule has 240 valence electrons. The van der Waals surface area contributed by atoms with E-state index in [-0.39, 0.29) is 5.56 Å². The molecule has 1 aromatic heterocycles. The molecule has 0 aliphatic heterocycles. The van der Waals surface area contributed by atoms with Crippen molar-refractivity contribution in [1.29, 1.82) is 0 Å². The molecule has 5 N–H and O–H groups in total. The molecular weight excluding hydrogens is 624 g/mol. The quantitative estimate of drug-likeness (QED) is 0.0734. The van der Waals surface area contributed by atoms with Crippen LogP contribution in [0.5, 0.6) is 28.7 Å². The van der Waals surface area contributed by atoms with Gasteiger partial charge in [0.2, 0.25) is 17.2 Å². The molecule has 9 aromatic rings. The Hall–Kier alpha value is -6.92. The van der Waals surface area contributed by atoms with Crippen LogP contribution in [0.25, 0.3) is 88.0 Å². The van der Waals surface area contributed by atoms with Gasteiger partial charge >= 0.3 is 0 Å². The second-order valence-corrected chi connectivity index (χ2v) is 12.4. The Morgan fingerprint density at radius 3 is 1.32 bits per heavy atom. The highest BCUT2D eigenvalue weighted by molar-refractivity contribution is 6.26. The van der Waals surface area contributed by atoms with Gasteiger partial charge in [0, 0.05) is 16.3 Å². The van der Waals surface area contributed by atoms with Crippen LogP contribution in [-0.2, 0) is 0 Å². The van der Waals surface area contributed by atoms with Gasteiger partial charge in [-0.2, -0.15) is 0 Å². The predicted octanol–water partition coefficient (Wildman–Crippen LogP) is 11.1. The Kier molecular flexibility index (Phi) is 6.48. The Bertz CT molecular complexity index is 2710. The fraction of sp³-hybridized carbons (Fsp3) is 0. The van der Waals surface area contributed by atoms with Crippen LogP contribution in [0.15, 0.2) is 144 Å². The van der Waals surface area contributed by atoms with Crippen LogP contribution in [0.3, 0.4) is 0 Å². The SMILES string of the molecule is Oc1c(O)c(O)c(-c2c3ccccc3c(-c3cccc4oc5cc(-c6ccccc6)c(-c6ccccc6)cc5c34)c3ccccc23)c(O)c1O. The molecule has 0 aliphatic rings. The molecule has 0 spiro atoms. The molecule has 0 saturated heterocycles. The molecule has 0 amide bonds. The fourth-order valence-electron chi connectivity index (χ4n) is 7.40. The summed E-state index contributed by atoms with van der Waals surface area (Å²) in [6, 6.07) is 46.2. The maximum absolute atomic E-state index is 11.1. The van der Waals surface area contributed by atoms with Crippen molar-refractivity contribution in [3.05, 3.63) is 140 Å². The lowest BCUT2D eigenvalue weighted by Gasteiger charge is -2.20. The van der Waals surface area contributed by atoms with E-state index < -0.39 is 28.7 Å². The average molecular weight is 653 g/mol. The Labute approximate surface area is 285 Å². The van der Waals surface area contributed by atoms with Gasteiger partial charge in [0.25, 0.3) is 0 Å². The molecule has 6 heteroatoms.